The number of anilines is 1. The van der Waals surface area contributed by atoms with Crippen molar-refractivity contribution >= 4 is 11.7 Å². The van der Waals surface area contributed by atoms with Crippen LogP contribution in [0.2, 0.25) is 0 Å². The average Bonchev–Trinajstić information content (AvgIpc) is 3.15. The summed E-state index contributed by atoms with van der Waals surface area (Å²) in [5, 5.41) is 0. The Balaban J connectivity index is 1.55. The smallest absolute Gasteiger partial charge is 0.340 e. The molecule has 0 amide bonds. The molecule has 6 rings (SSSR count). The first-order chi connectivity index (χ1) is 16.5. The predicted molar refractivity (Wildman–Crippen MR) is 134 cm³/mol. The molecule has 3 aromatic carbocycles. The number of benzene rings is 3. The first-order valence-corrected chi connectivity index (χ1v) is 12.6. The van der Waals surface area contributed by atoms with Gasteiger partial charge in [0.25, 0.3) is 0 Å². The van der Waals surface area contributed by atoms with Crippen LogP contribution in [0.4, 0.5) is 5.69 Å². The highest BCUT2D eigenvalue weighted by Gasteiger charge is 2.53. The minimum atomic E-state index is -0.991. The number of carbonyl (C=O) groups excluding carboxylic acids is 1. The van der Waals surface area contributed by atoms with Gasteiger partial charge in [0.2, 0.25) is 0 Å². The molecule has 1 aliphatic carbocycles. The second-order valence-corrected chi connectivity index (χ2v) is 9.91. The van der Waals surface area contributed by atoms with Crippen molar-refractivity contribution in [3.63, 3.8) is 0 Å². The summed E-state index contributed by atoms with van der Waals surface area (Å²) in [7, 11) is 0. The molecule has 2 aliphatic heterocycles. The van der Waals surface area contributed by atoms with Crippen LogP contribution in [-0.2, 0) is 10.3 Å². The third kappa shape index (κ3) is 3.01. The molecular formula is C30H31NO3. The van der Waals surface area contributed by atoms with E-state index in [2.05, 4.69) is 56.0 Å². The molecule has 4 heteroatoms. The van der Waals surface area contributed by atoms with Gasteiger partial charge in [-0.15, -0.1) is 0 Å². The van der Waals surface area contributed by atoms with Gasteiger partial charge in [-0.25, -0.2) is 4.79 Å². The van der Waals surface area contributed by atoms with Crippen molar-refractivity contribution in [3.05, 3.63) is 88.0 Å². The van der Waals surface area contributed by atoms with Crippen LogP contribution in [0.5, 0.6) is 11.5 Å². The molecule has 1 unspecified atom stereocenters. The molecule has 1 atom stereocenters. The first kappa shape index (κ1) is 21.3. The molecule has 174 valence electrons. The van der Waals surface area contributed by atoms with Gasteiger partial charge < -0.3 is 14.4 Å². The summed E-state index contributed by atoms with van der Waals surface area (Å²) >= 11 is 0. The monoisotopic (exact) mass is 453 g/mol. The zero-order chi connectivity index (χ0) is 23.4. The predicted octanol–water partition coefficient (Wildman–Crippen LogP) is 7.03. The number of nitrogens with zero attached hydrogens (tertiary/aromatic N) is 1. The lowest BCUT2D eigenvalue weighted by Gasteiger charge is -2.39. The quantitative estimate of drug-likeness (QED) is 0.399. The van der Waals surface area contributed by atoms with Crippen molar-refractivity contribution in [2.24, 2.45) is 0 Å². The SMILES string of the molecule is CCN(c1ccc2c(c1)Oc1cc(C)c(C)cc1C21OC(=O)c2ccccc21)C1CCCCC1. The van der Waals surface area contributed by atoms with Gasteiger partial charge in [-0.2, -0.15) is 0 Å². The molecule has 3 aromatic rings. The number of carbonyl (C=O) groups is 1. The fourth-order valence-corrected chi connectivity index (χ4v) is 6.14. The number of hydrogen-bond acceptors (Lipinski definition) is 4. The largest absolute Gasteiger partial charge is 0.456 e. The lowest BCUT2D eigenvalue weighted by atomic mass is 9.77. The molecule has 4 nitrogen and oxygen atoms in total. The minimum absolute atomic E-state index is 0.283. The molecule has 1 saturated carbocycles. The van der Waals surface area contributed by atoms with E-state index in [1.165, 1.54) is 37.8 Å². The Hall–Kier alpha value is -3.27. The van der Waals surface area contributed by atoms with E-state index < -0.39 is 5.60 Å². The van der Waals surface area contributed by atoms with Gasteiger partial charge in [0.15, 0.2) is 5.60 Å². The Morgan fingerprint density at radius 2 is 1.62 bits per heavy atom. The number of aryl methyl sites for hydroxylation is 2. The van der Waals surface area contributed by atoms with Crippen molar-refractivity contribution in [3.8, 4) is 11.5 Å². The maximum Gasteiger partial charge on any atom is 0.340 e. The second-order valence-electron chi connectivity index (χ2n) is 9.91. The highest BCUT2D eigenvalue weighted by atomic mass is 16.6. The van der Waals surface area contributed by atoms with E-state index in [4.69, 9.17) is 9.47 Å². The van der Waals surface area contributed by atoms with Crippen molar-refractivity contribution < 1.29 is 14.3 Å². The highest BCUT2D eigenvalue weighted by molar-refractivity contribution is 5.97. The van der Waals surface area contributed by atoms with Gasteiger partial charge in [0.1, 0.15) is 11.5 Å². The topological polar surface area (TPSA) is 38.8 Å². The summed E-state index contributed by atoms with van der Waals surface area (Å²) in [6.45, 7) is 7.37. The van der Waals surface area contributed by atoms with E-state index in [0.717, 1.165) is 45.9 Å². The molecule has 0 aromatic heterocycles. The highest BCUT2D eigenvalue weighted by Crippen LogP contribution is 2.57. The second kappa shape index (κ2) is 7.90. The van der Waals surface area contributed by atoms with Gasteiger partial charge in [-0.3, -0.25) is 0 Å². The number of rotatable bonds is 3. The number of hydrogen-bond donors (Lipinski definition) is 0. The van der Waals surface area contributed by atoms with E-state index in [-0.39, 0.29) is 5.97 Å². The lowest BCUT2D eigenvalue weighted by Crippen LogP contribution is -2.37. The van der Waals surface area contributed by atoms with Gasteiger partial charge >= 0.3 is 5.97 Å². The van der Waals surface area contributed by atoms with Crippen molar-refractivity contribution in [1.82, 2.24) is 0 Å². The maximum absolute atomic E-state index is 13.1. The van der Waals surface area contributed by atoms with Crippen LogP contribution in [0.1, 0.15) is 77.2 Å². The normalized spacial score (nSPS) is 20.9. The number of ether oxygens (including phenoxy) is 2. The van der Waals surface area contributed by atoms with E-state index in [9.17, 15) is 4.79 Å². The van der Waals surface area contributed by atoms with Crippen molar-refractivity contribution in [2.45, 2.75) is 64.5 Å². The van der Waals surface area contributed by atoms with Crippen molar-refractivity contribution in [1.29, 1.82) is 0 Å². The van der Waals surface area contributed by atoms with E-state index >= 15 is 0 Å². The van der Waals surface area contributed by atoms with Gasteiger partial charge in [0, 0.05) is 41.0 Å². The number of esters is 1. The Bertz CT molecular complexity index is 1290. The van der Waals surface area contributed by atoms with Crippen LogP contribution in [0, 0.1) is 13.8 Å². The summed E-state index contributed by atoms with van der Waals surface area (Å²) < 4.78 is 12.9. The van der Waals surface area contributed by atoms with Crippen LogP contribution >= 0.6 is 0 Å². The Morgan fingerprint density at radius 3 is 2.41 bits per heavy atom. The lowest BCUT2D eigenvalue weighted by molar-refractivity contribution is 0.0224. The standard InChI is InChI=1S/C30H31NO3/c1-4-31(21-10-6-5-7-11-21)22-14-15-25-28(18-22)33-27-17-20(3)19(2)16-26(27)30(25)24-13-9-8-12-23(24)29(32)34-30/h8-9,12-18,21H,4-7,10-11H2,1-3H3. The van der Waals surface area contributed by atoms with E-state index in [1.54, 1.807) is 0 Å². The molecule has 0 bridgehead atoms. The van der Waals surface area contributed by atoms with Gasteiger partial charge in [0.05, 0.1) is 5.56 Å². The van der Waals surface area contributed by atoms with E-state index in [1.807, 2.05) is 24.3 Å². The Labute approximate surface area is 201 Å². The summed E-state index contributed by atoms with van der Waals surface area (Å²) in [6.07, 6.45) is 6.41. The zero-order valence-electron chi connectivity index (χ0n) is 20.2. The van der Waals surface area contributed by atoms with Crippen molar-refractivity contribution in [2.75, 3.05) is 11.4 Å². The van der Waals surface area contributed by atoms with Gasteiger partial charge in [-0.1, -0.05) is 37.5 Å². The summed E-state index contributed by atoms with van der Waals surface area (Å²) in [5.41, 5.74) is 5.80. The summed E-state index contributed by atoms with van der Waals surface area (Å²) in [5.74, 6) is 1.25. The molecule has 0 saturated heterocycles. The zero-order valence-corrected chi connectivity index (χ0v) is 20.2. The van der Waals surface area contributed by atoms with Crippen LogP contribution in [-0.4, -0.2) is 18.6 Å². The summed E-state index contributed by atoms with van der Waals surface area (Å²) in [4.78, 5) is 15.6. The van der Waals surface area contributed by atoms with E-state index in [0.29, 0.717) is 11.6 Å². The molecule has 0 N–H and O–H groups in total. The van der Waals surface area contributed by atoms with Crippen LogP contribution in [0.25, 0.3) is 0 Å². The maximum atomic E-state index is 13.1. The minimum Gasteiger partial charge on any atom is -0.456 e. The van der Waals surface area contributed by atoms with Gasteiger partial charge in [-0.05, 0) is 75.1 Å². The molecule has 0 radical (unpaired) electrons. The molecule has 1 fully saturated rings. The average molecular weight is 454 g/mol. The summed E-state index contributed by atoms with van der Waals surface area (Å²) in [6, 6.07) is 19.0. The molecule has 3 aliphatic rings. The molecular weight excluding hydrogens is 422 g/mol. The molecule has 2 heterocycles. The first-order valence-electron chi connectivity index (χ1n) is 12.6. The fourth-order valence-electron chi connectivity index (χ4n) is 6.14. The fraction of sp³-hybridized carbons (Fsp3) is 0.367. The van der Waals surface area contributed by atoms with Crippen LogP contribution < -0.4 is 9.64 Å². The molecule has 34 heavy (non-hydrogen) atoms. The van der Waals surface area contributed by atoms with Crippen LogP contribution in [0.15, 0.2) is 54.6 Å². The third-order valence-electron chi connectivity index (χ3n) is 8.00. The van der Waals surface area contributed by atoms with Crippen LogP contribution in [0.3, 0.4) is 0 Å². The number of fused-ring (bicyclic) bond motifs is 6. The Morgan fingerprint density at radius 1 is 0.882 bits per heavy atom. The molecule has 1 spiro atoms. The third-order valence-corrected chi connectivity index (χ3v) is 8.00. The Kier molecular flexibility index (Phi) is 4.94.